The molecule has 1 unspecified atom stereocenters. The number of nitrogens with one attached hydrogen (secondary N) is 1. The summed E-state index contributed by atoms with van der Waals surface area (Å²) in [5, 5.41) is 3.22. The molecule has 24 heavy (non-hydrogen) atoms. The number of hydrogen-bond donors (Lipinski definition) is 1. The molecule has 5 heteroatoms. The third-order valence-electron chi connectivity index (χ3n) is 4.90. The van der Waals surface area contributed by atoms with E-state index in [2.05, 4.69) is 34.3 Å². The van der Waals surface area contributed by atoms with Gasteiger partial charge in [-0.25, -0.2) is 0 Å². The van der Waals surface area contributed by atoms with Gasteiger partial charge in [0.05, 0.1) is 0 Å². The molecule has 4 nitrogen and oxygen atoms in total. The van der Waals surface area contributed by atoms with Gasteiger partial charge in [-0.1, -0.05) is 6.07 Å². The predicted molar refractivity (Wildman–Crippen MR) is 98.5 cm³/mol. The van der Waals surface area contributed by atoms with Crippen LogP contribution in [0.5, 0.6) is 0 Å². The number of piperazine rings is 1. The molecule has 1 aromatic carbocycles. The summed E-state index contributed by atoms with van der Waals surface area (Å²) in [4.78, 5) is 21.8. The van der Waals surface area contributed by atoms with E-state index in [0.717, 1.165) is 42.6 Å². The van der Waals surface area contributed by atoms with Gasteiger partial charge >= 0.3 is 0 Å². The maximum absolute atomic E-state index is 12.8. The summed E-state index contributed by atoms with van der Waals surface area (Å²) in [6.45, 7) is 5.69. The highest BCUT2D eigenvalue weighted by molar-refractivity contribution is 7.10. The molecule has 1 aliphatic rings. The highest BCUT2D eigenvalue weighted by Gasteiger charge is 2.25. The molecule has 0 bridgehead atoms. The Morgan fingerprint density at radius 3 is 2.75 bits per heavy atom. The second kappa shape index (κ2) is 6.42. The quantitative estimate of drug-likeness (QED) is 0.789. The van der Waals surface area contributed by atoms with Crippen molar-refractivity contribution in [3.8, 4) is 0 Å². The van der Waals surface area contributed by atoms with Gasteiger partial charge in [0.15, 0.2) is 0 Å². The van der Waals surface area contributed by atoms with E-state index in [0.29, 0.717) is 6.04 Å². The van der Waals surface area contributed by atoms with Gasteiger partial charge < -0.3 is 9.88 Å². The lowest BCUT2D eigenvalue weighted by Gasteiger charge is -2.37. The largest absolute Gasteiger partial charge is 0.361 e. The minimum Gasteiger partial charge on any atom is -0.361 e. The summed E-state index contributed by atoms with van der Waals surface area (Å²) >= 11 is 1.81. The van der Waals surface area contributed by atoms with Crippen molar-refractivity contribution >= 4 is 28.1 Å². The van der Waals surface area contributed by atoms with E-state index in [1.807, 2.05) is 35.4 Å². The van der Waals surface area contributed by atoms with Crippen molar-refractivity contribution in [2.75, 3.05) is 26.2 Å². The zero-order valence-corrected chi connectivity index (χ0v) is 14.6. The van der Waals surface area contributed by atoms with Crippen molar-refractivity contribution in [2.24, 2.45) is 0 Å². The molecular formula is C19H21N3OS. The first-order valence-electron chi connectivity index (χ1n) is 8.36. The van der Waals surface area contributed by atoms with Crippen LogP contribution in [-0.2, 0) is 0 Å². The maximum Gasteiger partial charge on any atom is 0.253 e. The average Bonchev–Trinajstić information content (AvgIpc) is 3.31. The van der Waals surface area contributed by atoms with Gasteiger partial charge in [-0.2, -0.15) is 0 Å². The smallest absolute Gasteiger partial charge is 0.253 e. The molecule has 124 valence electrons. The molecule has 0 aliphatic carbocycles. The summed E-state index contributed by atoms with van der Waals surface area (Å²) in [7, 11) is 0. The molecule has 0 saturated carbocycles. The van der Waals surface area contributed by atoms with Crippen LogP contribution in [0.4, 0.5) is 0 Å². The van der Waals surface area contributed by atoms with E-state index in [4.69, 9.17) is 0 Å². The van der Waals surface area contributed by atoms with E-state index >= 15 is 0 Å². The highest BCUT2D eigenvalue weighted by Crippen LogP contribution is 2.26. The third kappa shape index (κ3) is 2.85. The van der Waals surface area contributed by atoms with Gasteiger partial charge in [0.25, 0.3) is 5.91 Å². The lowest BCUT2D eigenvalue weighted by atomic mass is 10.1. The Labute approximate surface area is 145 Å². The SMILES string of the molecule is CC(c1cccs1)N1CCN(C(=O)c2ccc3[nH]ccc3c2)CC1. The molecule has 1 N–H and O–H groups in total. The Balaban J connectivity index is 1.42. The Hall–Kier alpha value is -2.11. The van der Waals surface area contributed by atoms with E-state index in [9.17, 15) is 4.79 Å². The minimum absolute atomic E-state index is 0.140. The fourth-order valence-electron chi connectivity index (χ4n) is 3.39. The molecule has 1 amide bonds. The Bertz CT molecular complexity index is 831. The number of nitrogens with zero attached hydrogens (tertiary/aromatic N) is 2. The lowest BCUT2D eigenvalue weighted by molar-refractivity contribution is 0.0585. The van der Waals surface area contributed by atoms with Crippen LogP contribution < -0.4 is 0 Å². The second-order valence-electron chi connectivity index (χ2n) is 6.30. The first kappa shape index (κ1) is 15.4. The van der Waals surface area contributed by atoms with Crippen LogP contribution in [0.1, 0.15) is 28.2 Å². The van der Waals surface area contributed by atoms with Crippen LogP contribution in [0.25, 0.3) is 10.9 Å². The fourth-order valence-corrected chi connectivity index (χ4v) is 4.21. The number of hydrogen-bond acceptors (Lipinski definition) is 3. The molecule has 1 aliphatic heterocycles. The number of carbonyl (C=O) groups is 1. The Morgan fingerprint density at radius 2 is 2.00 bits per heavy atom. The standard InChI is InChI=1S/C19H21N3OS/c1-14(18-3-2-12-24-18)21-8-10-22(11-9-21)19(23)16-4-5-17-15(13-16)6-7-20-17/h2-7,12-14,20H,8-11H2,1H3. The molecular weight excluding hydrogens is 318 g/mol. The van der Waals surface area contributed by atoms with Crippen molar-refractivity contribution < 1.29 is 4.79 Å². The first-order valence-corrected chi connectivity index (χ1v) is 9.24. The number of H-pyrrole nitrogens is 1. The third-order valence-corrected chi connectivity index (χ3v) is 5.95. The normalized spacial score (nSPS) is 17.3. The molecule has 1 fully saturated rings. The fraction of sp³-hybridized carbons (Fsp3) is 0.316. The Morgan fingerprint density at radius 1 is 1.17 bits per heavy atom. The summed E-state index contributed by atoms with van der Waals surface area (Å²) in [6.07, 6.45) is 1.91. The van der Waals surface area contributed by atoms with Gasteiger partial charge in [-0.15, -0.1) is 11.3 Å². The summed E-state index contributed by atoms with van der Waals surface area (Å²) in [5.74, 6) is 0.140. The van der Waals surface area contributed by atoms with Crippen molar-refractivity contribution in [3.05, 3.63) is 58.4 Å². The molecule has 2 aromatic heterocycles. The number of carbonyl (C=O) groups excluding carboxylic acids is 1. The molecule has 1 atom stereocenters. The van der Waals surface area contributed by atoms with Gasteiger partial charge in [0.1, 0.15) is 0 Å². The highest BCUT2D eigenvalue weighted by atomic mass is 32.1. The van der Waals surface area contributed by atoms with Crippen LogP contribution in [0.3, 0.4) is 0 Å². The molecule has 3 heterocycles. The van der Waals surface area contributed by atoms with E-state index in [-0.39, 0.29) is 5.91 Å². The molecule has 3 aromatic rings. The molecule has 0 spiro atoms. The zero-order valence-electron chi connectivity index (χ0n) is 13.7. The van der Waals surface area contributed by atoms with Crippen LogP contribution in [0.15, 0.2) is 48.0 Å². The lowest BCUT2D eigenvalue weighted by Crippen LogP contribution is -2.49. The molecule has 0 radical (unpaired) electrons. The van der Waals surface area contributed by atoms with Gasteiger partial charge in [-0.3, -0.25) is 9.69 Å². The number of aromatic amines is 1. The van der Waals surface area contributed by atoms with Gasteiger partial charge in [0, 0.05) is 59.8 Å². The molecule has 1 saturated heterocycles. The van der Waals surface area contributed by atoms with E-state index < -0.39 is 0 Å². The summed E-state index contributed by atoms with van der Waals surface area (Å²) < 4.78 is 0. The van der Waals surface area contributed by atoms with Gasteiger partial charge in [-0.05, 0) is 42.6 Å². The van der Waals surface area contributed by atoms with Crippen molar-refractivity contribution in [1.29, 1.82) is 0 Å². The maximum atomic E-state index is 12.8. The summed E-state index contributed by atoms with van der Waals surface area (Å²) in [5.41, 5.74) is 1.85. The van der Waals surface area contributed by atoms with Crippen LogP contribution in [0, 0.1) is 0 Å². The van der Waals surface area contributed by atoms with E-state index in [1.165, 1.54) is 4.88 Å². The number of amides is 1. The molecule has 4 rings (SSSR count). The minimum atomic E-state index is 0.140. The number of fused-ring (bicyclic) bond motifs is 1. The number of thiophene rings is 1. The monoisotopic (exact) mass is 339 g/mol. The van der Waals surface area contributed by atoms with Crippen molar-refractivity contribution in [2.45, 2.75) is 13.0 Å². The van der Waals surface area contributed by atoms with Crippen LogP contribution in [-0.4, -0.2) is 46.9 Å². The number of rotatable bonds is 3. The first-order chi connectivity index (χ1) is 11.7. The number of benzene rings is 1. The van der Waals surface area contributed by atoms with Crippen molar-refractivity contribution in [1.82, 2.24) is 14.8 Å². The summed E-state index contributed by atoms with van der Waals surface area (Å²) in [6, 6.07) is 12.6. The second-order valence-corrected chi connectivity index (χ2v) is 7.28. The number of aromatic nitrogens is 1. The average molecular weight is 339 g/mol. The van der Waals surface area contributed by atoms with Gasteiger partial charge in [0.2, 0.25) is 0 Å². The van der Waals surface area contributed by atoms with Crippen LogP contribution >= 0.6 is 11.3 Å². The van der Waals surface area contributed by atoms with Crippen LogP contribution in [0.2, 0.25) is 0 Å². The Kier molecular flexibility index (Phi) is 4.12. The zero-order chi connectivity index (χ0) is 16.5. The van der Waals surface area contributed by atoms with Crippen molar-refractivity contribution in [3.63, 3.8) is 0 Å². The van der Waals surface area contributed by atoms with E-state index in [1.54, 1.807) is 11.3 Å². The topological polar surface area (TPSA) is 39.3 Å². The predicted octanol–water partition coefficient (Wildman–Crippen LogP) is 3.75.